The Bertz CT molecular complexity index is 613. The fraction of sp³-hybridized carbons (Fsp3) is 0.412. The third kappa shape index (κ3) is 5.41. The Morgan fingerprint density at radius 3 is 2.91 bits per heavy atom. The number of carbonyl (C=O) groups is 1. The molecule has 0 bridgehead atoms. The van der Waals surface area contributed by atoms with Gasteiger partial charge in [0.2, 0.25) is 0 Å². The van der Waals surface area contributed by atoms with Crippen molar-refractivity contribution in [3.63, 3.8) is 0 Å². The van der Waals surface area contributed by atoms with E-state index in [1.54, 1.807) is 37.4 Å². The van der Waals surface area contributed by atoms with Gasteiger partial charge in [-0.05, 0) is 36.6 Å². The number of amides is 1. The largest absolute Gasteiger partial charge is 0.481 e. The molecule has 23 heavy (non-hydrogen) atoms. The maximum atomic E-state index is 12.1. The first-order valence-electron chi connectivity index (χ1n) is 7.70. The van der Waals surface area contributed by atoms with Gasteiger partial charge < -0.3 is 15.2 Å². The van der Waals surface area contributed by atoms with Gasteiger partial charge in [-0.25, -0.2) is 0 Å². The van der Waals surface area contributed by atoms with Crippen molar-refractivity contribution in [2.24, 2.45) is 5.92 Å². The van der Waals surface area contributed by atoms with Crippen molar-refractivity contribution in [3.05, 3.63) is 48.3 Å². The second kappa shape index (κ2) is 8.33. The molecule has 0 aliphatic carbocycles. The van der Waals surface area contributed by atoms with Gasteiger partial charge in [-0.2, -0.15) is 5.10 Å². The molecule has 1 amide bonds. The number of benzene rings is 1. The molecule has 0 fully saturated rings. The van der Waals surface area contributed by atoms with E-state index in [4.69, 9.17) is 9.84 Å². The minimum absolute atomic E-state index is 0.0529. The zero-order valence-electron chi connectivity index (χ0n) is 13.5. The van der Waals surface area contributed by atoms with Crippen LogP contribution < -0.4 is 10.1 Å². The first kappa shape index (κ1) is 17.0. The lowest BCUT2D eigenvalue weighted by Gasteiger charge is -2.17. The van der Waals surface area contributed by atoms with Crippen molar-refractivity contribution in [3.8, 4) is 5.75 Å². The van der Waals surface area contributed by atoms with E-state index in [9.17, 15) is 4.79 Å². The highest BCUT2D eigenvalue weighted by Crippen LogP contribution is 2.15. The van der Waals surface area contributed by atoms with Crippen LogP contribution in [0.2, 0.25) is 0 Å². The average molecular weight is 317 g/mol. The van der Waals surface area contributed by atoms with E-state index in [2.05, 4.69) is 17.3 Å². The van der Waals surface area contributed by atoms with E-state index >= 15 is 0 Å². The topological polar surface area (TPSA) is 76.4 Å². The van der Waals surface area contributed by atoms with Crippen molar-refractivity contribution in [2.45, 2.75) is 33.1 Å². The van der Waals surface area contributed by atoms with E-state index in [0.29, 0.717) is 12.3 Å². The first-order valence-corrected chi connectivity index (χ1v) is 7.70. The molecule has 6 heteroatoms. The van der Waals surface area contributed by atoms with Gasteiger partial charge in [0.1, 0.15) is 5.75 Å². The average Bonchev–Trinajstić information content (AvgIpc) is 3.05. The summed E-state index contributed by atoms with van der Waals surface area (Å²) >= 11 is 0. The Balaban J connectivity index is 1.78. The van der Waals surface area contributed by atoms with Crippen LogP contribution in [0.15, 0.2) is 42.7 Å². The normalized spacial score (nSPS) is 13.3. The fourth-order valence-corrected chi connectivity index (χ4v) is 2.19. The van der Waals surface area contributed by atoms with Crippen LogP contribution in [-0.2, 0) is 17.9 Å². The lowest BCUT2D eigenvalue weighted by molar-refractivity contribution is -0.127. The van der Waals surface area contributed by atoms with Crippen molar-refractivity contribution < 1.29 is 14.6 Å². The molecule has 1 heterocycles. The van der Waals surface area contributed by atoms with Gasteiger partial charge in [-0.3, -0.25) is 9.48 Å². The lowest BCUT2D eigenvalue weighted by atomic mass is 10.2. The van der Waals surface area contributed by atoms with Gasteiger partial charge in [0.25, 0.3) is 5.91 Å². The predicted octanol–water partition coefficient (Wildman–Crippen LogP) is 1.60. The second-order valence-electron chi connectivity index (χ2n) is 5.64. The molecule has 0 saturated carbocycles. The lowest BCUT2D eigenvalue weighted by Crippen LogP contribution is -2.39. The summed E-state index contributed by atoms with van der Waals surface area (Å²) in [5.41, 5.74) is 0.753. The van der Waals surface area contributed by atoms with Gasteiger partial charge in [0.15, 0.2) is 6.10 Å². The van der Waals surface area contributed by atoms with Crippen molar-refractivity contribution >= 4 is 5.91 Å². The molecule has 2 unspecified atom stereocenters. The van der Waals surface area contributed by atoms with E-state index in [1.807, 2.05) is 16.9 Å². The van der Waals surface area contributed by atoms with Crippen molar-refractivity contribution in [1.29, 1.82) is 0 Å². The molecule has 2 atom stereocenters. The molecule has 2 rings (SSSR count). The summed E-state index contributed by atoms with van der Waals surface area (Å²) in [5, 5.41) is 16.2. The summed E-state index contributed by atoms with van der Waals surface area (Å²) in [6.45, 7) is 5.02. The van der Waals surface area contributed by atoms with Crippen LogP contribution in [0, 0.1) is 5.92 Å². The van der Waals surface area contributed by atoms with Crippen molar-refractivity contribution in [2.75, 3.05) is 6.54 Å². The van der Waals surface area contributed by atoms with E-state index in [-0.39, 0.29) is 18.4 Å². The van der Waals surface area contributed by atoms with Crippen LogP contribution in [0.1, 0.15) is 19.4 Å². The molecule has 124 valence electrons. The highest BCUT2D eigenvalue weighted by atomic mass is 16.5. The molecule has 1 aromatic carbocycles. The number of carbonyl (C=O) groups excluding carboxylic acids is 1. The summed E-state index contributed by atoms with van der Waals surface area (Å²) < 4.78 is 7.46. The molecule has 0 saturated heterocycles. The van der Waals surface area contributed by atoms with Crippen LogP contribution in [0.5, 0.6) is 5.75 Å². The molecule has 0 radical (unpaired) electrons. The zero-order valence-corrected chi connectivity index (χ0v) is 13.5. The number of nitrogens with zero attached hydrogens (tertiary/aromatic N) is 2. The second-order valence-corrected chi connectivity index (χ2v) is 5.64. The smallest absolute Gasteiger partial charge is 0.260 e. The summed E-state index contributed by atoms with van der Waals surface area (Å²) in [4.78, 5) is 12.1. The fourth-order valence-electron chi connectivity index (χ4n) is 2.19. The minimum atomic E-state index is -0.596. The number of nitrogens with one attached hydrogen (secondary N) is 1. The molecule has 6 nitrogen and oxygen atoms in total. The number of hydrogen-bond acceptors (Lipinski definition) is 4. The monoisotopic (exact) mass is 317 g/mol. The molecule has 1 aromatic heterocycles. The number of ether oxygens (including phenoxy) is 1. The molecule has 0 spiro atoms. The SMILES string of the molecule is CC(CNC(=O)C(C)Oc1cccc(CO)c1)Cn1cccn1. The van der Waals surface area contributed by atoms with Crippen LogP contribution in [-0.4, -0.2) is 33.4 Å². The summed E-state index contributed by atoms with van der Waals surface area (Å²) in [6.07, 6.45) is 3.04. The highest BCUT2D eigenvalue weighted by molar-refractivity contribution is 5.80. The van der Waals surface area contributed by atoms with Gasteiger partial charge >= 0.3 is 0 Å². The molecular weight excluding hydrogens is 294 g/mol. The Labute approximate surface area is 136 Å². The Morgan fingerprint density at radius 2 is 2.22 bits per heavy atom. The van der Waals surface area contributed by atoms with Crippen LogP contribution in [0.4, 0.5) is 0 Å². The minimum Gasteiger partial charge on any atom is -0.481 e. The highest BCUT2D eigenvalue weighted by Gasteiger charge is 2.15. The quantitative estimate of drug-likeness (QED) is 0.775. The first-order chi connectivity index (χ1) is 11.1. The molecule has 2 aromatic rings. The number of aromatic nitrogens is 2. The third-order valence-corrected chi connectivity index (χ3v) is 3.45. The van der Waals surface area contributed by atoms with E-state index in [0.717, 1.165) is 12.1 Å². The predicted molar refractivity (Wildman–Crippen MR) is 86.9 cm³/mol. The van der Waals surface area contributed by atoms with Gasteiger partial charge in [0.05, 0.1) is 6.61 Å². The standard InChI is InChI=1S/C17H23N3O3/c1-13(11-20-8-4-7-19-20)10-18-17(22)14(2)23-16-6-3-5-15(9-16)12-21/h3-9,13-14,21H,10-12H2,1-2H3,(H,18,22). The molecule has 0 aliphatic heterocycles. The van der Waals surface area contributed by atoms with Gasteiger partial charge in [-0.1, -0.05) is 19.1 Å². The van der Waals surface area contributed by atoms with Crippen molar-refractivity contribution in [1.82, 2.24) is 15.1 Å². The number of rotatable bonds is 8. The Morgan fingerprint density at radius 1 is 1.39 bits per heavy atom. The van der Waals surface area contributed by atoms with E-state index in [1.165, 1.54) is 0 Å². The number of aliphatic hydroxyl groups is 1. The van der Waals surface area contributed by atoms with Crippen LogP contribution >= 0.6 is 0 Å². The third-order valence-electron chi connectivity index (χ3n) is 3.45. The van der Waals surface area contributed by atoms with Crippen LogP contribution in [0.3, 0.4) is 0 Å². The Kier molecular flexibility index (Phi) is 6.17. The number of aliphatic hydroxyl groups excluding tert-OH is 1. The molecule has 0 aliphatic rings. The summed E-state index contributed by atoms with van der Waals surface area (Å²) in [6, 6.07) is 8.96. The molecule has 2 N–H and O–H groups in total. The van der Waals surface area contributed by atoms with Gasteiger partial charge in [0, 0.05) is 25.5 Å². The maximum absolute atomic E-state index is 12.1. The Hall–Kier alpha value is -2.34. The van der Waals surface area contributed by atoms with Gasteiger partial charge in [-0.15, -0.1) is 0 Å². The number of hydrogen-bond donors (Lipinski definition) is 2. The van der Waals surface area contributed by atoms with Crippen LogP contribution in [0.25, 0.3) is 0 Å². The maximum Gasteiger partial charge on any atom is 0.260 e. The zero-order chi connectivity index (χ0) is 16.7. The summed E-state index contributed by atoms with van der Waals surface area (Å²) in [5.74, 6) is 0.680. The molecular formula is C17H23N3O3. The van der Waals surface area contributed by atoms with E-state index < -0.39 is 6.10 Å². The summed E-state index contributed by atoms with van der Waals surface area (Å²) in [7, 11) is 0.